The van der Waals surface area contributed by atoms with Crippen molar-refractivity contribution in [1.82, 2.24) is 19.8 Å². The van der Waals surface area contributed by atoms with E-state index in [-0.39, 0.29) is 11.6 Å². The summed E-state index contributed by atoms with van der Waals surface area (Å²) in [5, 5.41) is 3.48. The maximum atomic E-state index is 13.1. The van der Waals surface area contributed by atoms with Gasteiger partial charge in [-0.15, -0.1) is 0 Å². The Morgan fingerprint density at radius 3 is 2.41 bits per heavy atom. The molecule has 2 atom stereocenters. The number of aromatic nitrogens is 2. The second kappa shape index (κ2) is 6.82. The predicted molar refractivity (Wildman–Crippen MR) is 105 cm³/mol. The van der Waals surface area contributed by atoms with Crippen LogP contribution in [-0.4, -0.2) is 46.5 Å². The second-order valence-electron chi connectivity index (χ2n) is 8.52. The van der Waals surface area contributed by atoms with E-state index < -0.39 is 0 Å². The second-order valence-corrected chi connectivity index (χ2v) is 8.52. The number of imidazole rings is 1. The first-order valence-corrected chi connectivity index (χ1v) is 10.4. The number of likely N-dealkylation sites (tertiary alicyclic amines) is 1. The fourth-order valence-electron chi connectivity index (χ4n) is 5.39. The van der Waals surface area contributed by atoms with Gasteiger partial charge in [-0.2, -0.15) is 0 Å². The molecule has 0 radical (unpaired) electrons. The Balaban J connectivity index is 1.40. The maximum Gasteiger partial charge on any atom is 0.326 e. The van der Waals surface area contributed by atoms with Gasteiger partial charge in [0.1, 0.15) is 0 Å². The molecule has 3 heterocycles. The van der Waals surface area contributed by atoms with Gasteiger partial charge in [-0.05, 0) is 68.8 Å². The summed E-state index contributed by atoms with van der Waals surface area (Å²) >= 11 is 0. The number of H-pyrrole nitrogens is 1. The minimum atomic E-state index is -0.0448. The lowest BCUT2D eigenvalue weighted by Gasteiger charge is -2.21. The molecule has 144 valence electrons. The van der Waals surface area contributed by atoms with Crippen LogP contribution >= 0.6 is 0 Å². The average Bonchev–Trinajstić information content (AvgIpc) is 3.38. The molecule has 0 unspecified atom stereocenters. The summed E-state index contributed by atoms with van der Waals surface area (Å²) in [7, 11) is 0. The molecule has 1 aromatic carbocycles. The molecule has 2 aliphatic heterocycles. The molecule has 3 fully saturated rings. The lowest BCUT2D eigenvalue weighted by atomic mass is 9.92. The summed E-state index contributed by atoms with van der Waals surface area (Å²) in [5.74, 6) is 1.52. The molecule has 1 aromatic heterocycles. The van der Waals surface area contributed by atoms with Crippen LogP contribution in [0.3, 0.4) is 0 Å². The number of benzene rings is 1. The Morgan fingerprint density at radius 1 is 1.00 bits per heavy atom. The van der Waals surface area contributed by atoms with Crippen LogP contribution in [0.1, 0.15) is 54.9 Å². The number of hydrogen-bond acceptors (Lipinski definition) is 3. The first kappa shape index (κ1) is 17.0. The molecule has 1 aliphatic carbocycles. The molecule has 1 amide bonds. The number of carbonyl (C=O) groups excluding carboxylic acids is 1. The van der Waals surface area contributed by atoms with E-state index in [9.17, 15) is 9.59 Å². The van der Waals surface area contributed by atoms with Crippen molar-refractivity contribution in [3.05, 3.63) is 34.2 Å². The molecule has 3 aliphatic rings. The molecule has 27 heavy (non-hydrogen) atoms. The molecular weight excluding hydrogens is 340 g/mol. The van der Waals surface area contributed by atoms with Crippen molar-refractivity contribution in [2.75, 3.05) is 26.2 Å². The maximum absolute atomic E-state index is 13.1. The first-order valence-electron chi connectivity index (χ1n) is 10.4. The average molecular weight is 368 g/mol. The van der Waals surface area contributed by atoms with Gasteiger partial charge in [-0.3, -0.25) is 9.36 Å². The van der Waals surface area contributed by atoms with Gasteiger partial charge in [0, 0.05) is 24.7 Å². The Kier molecular flexibility index (Phi) is 4.31. The van der Waals surface area contributed by atoms with Crippen LogP contribution in [0, 0.1) is 11.8 Å². The van der Waals surface area contributed by atoms with Gasteiger partial charge in [0.25, 0.3) is 5.91 Å². The largest absolute Gasteiger partial charge is 0.339 e. The summed E-state index contributed by atoms with van der Waals surface area (Å²) in [5.41, 5.74) is 2.36. The van der Waals surface area contributed by atoms with Crippen molar-refractivity contribution in [3.63, 3.8) is 0 Å². The number of aromatic amines is 1. The van der Waals surface area contributed by atoms with Gasteiger partial charge >= 0.3 is 5.69 Å². The van der Waals surface area contributed by atoms with Crippen molar-refractivity contribution in [2.45, 2.75) is 44.6 Å². The molecule has 2 aromatic rings. The van der Waals surface area contributed by atoms with Gasteiger partial charge in [-0.1, -0.05) is 12.8 Å². The number of amides is 1. The van der Waals surface area contributed by atoms with Crippen LogP contribution < -0.4 is 11.0 Å². The van der Waals surface area contributed by atoms with Crippen molar-refractivity contribution in [1.29, 1.82) is 0 Å². The molecule has 2 saturated heterocycles. The van der Waals surface area contributed by atoms with Gasteiger partial charge in [0.15, 0.2) is 0 Å². The van der Waals surface area contributed by atoms with E-state index in [0.29, 0.717) is 23.4 Å². The first-order chi connectivity index (χ1) is 13.2. The van der Waals surface area contributed by atoms with E-state index in [1.54, 1.807) is 0 Å². The standard InChI is InChI=1S/C21H28N4O2/c26-20(24-9-7-15-12-22-13-16(15)8-10-24)14-5-6-19-18(11-14)23-21(27)25(19)17-3-1-2-4-17/h5-6,11,15-17,22H,1-4,7-10,12-13H2,(H,23,27)/t15-,16+. The SMILES string of the molecule is O=C(c1ccc2c(c1)[nH]c(=O)n2C1CCCC1)N1CC[C@@H]2CNC[C@@H]2CC1. The minimum absolute atomic E-state index is 0.0448. The normalized spacial score (nSPS) is 26.4. The van der Waals surface area contributed by atoms with E-state index >= 15 is 0 Å². The third-order valence-corrected chi connectivity index (χ3v) is 6.96. The number of nitrogens with zero attached hydrogens (tertiary/aromatic N) is 2. The van der Waals surface area contributed by atoms with Crippen LogP contribution in [0.5, 0.6) is 0 Å². The highest BCUT2D eigenvalue weighted by atomic mass is 16.2. The monoisotopic (exact) mass is 368 g/mol. The van der Waals surface area contributed by atoms with Crippen LogP contribution in [0.2, 0.25) is 0 Å². The summed E-state index contributed by atoms with van der Waals surface area (Å²) in [6, 6.07) is 6.02. The van der Waals surface area contributed by atoms with Crippen molar-refractivity contribution in [2.24, 2.45) is 11.8 Å². The number of carbonyl (C=O) groups is 1. The Morgan fingerprint density at radius 2 is 1.70 bits per heavy atom. The van der Waals surface area contributed by atoms with Crippen molar-refractivity contribution in [3.8, 4) is 0 Å². The number of hydrogen-bond donors (Lipinski definition) is 2. The van der Waals surface area contributed by atoms with E-state index in [1.807, 2.05) is 27.7 Å². The highest BCUT2D eigenvalue weighted by molar-refractivity contribution is 5.97. The molecule has 6 nitrogen and oxygen atoms in total. The van der Waals surface area contributed by atoms with E-state index in [4.69, 9.17) is 0 Å². The van der Waals surface area contributed by atoms with Gasteiger partial charge in [-0.25, -0.2) is 4.79 Å². The lowest BCUT2D eigenvalue weighted by molar-refractivity contribution is 0.0758. The zero-order valence-corrected chi connectivity index (χ0v) is 15.7. The van der Waals surface area contributed by atoms with E-state index in [2.05, 4.69) is 10.3 Å². The van der Waals surface area contributed by atoms with Crippen LogP contribution in [-0.2, 0) is 0 Å². The molecule has 0 bridgehead atoms. The van der Waals surface area contributed by atoms with Gasteiger partial charge in [0.2, 0.25) is 0 Å². The smallest absolute Gasteiger partial charge is 0.326 e. The van der Waals surface area contributed by atoms with Crippen LogP contribution in [0.15, 0.2) is 23.0 Å². The zero-order valence-electron chi connectivity index (χ0n) is 15.7. The summed E-state index contributed by atoms with van der Waals surface area (Å²) in [6.45, 7) is 3.85. The van der Waals surface area contributed by atoms with E-state index in [1.165, 1.54) is 12.8 Å². The molecule has 6 heteroatoms. The van der Waals surface area contributed by atoms with Crippen LogP contribution in [0.4, 0.5) is 0 Å². The highest BCUT2D eigenvalue weighted by Gasteiger charge is 2.32. The lowest BCUT2D eigenvalue weighted by Crippen LogP contribution is -2.32. The van der Waals surface area contributed by atoms with Crippen LogP contribution in [0.25, 0.3) is 11.0 Å². The Labute approximate surface area is 158 Å². The predicted octanol–water partition coefficient (Wildman–Crippen LogP) is 2.52. The third kappa shape index (κ3) is 3.00. The Bertz CT molecular complexity index is 895. The topological polar surface area (TPSA) is 70.1 Å². The van der Waals surface area contributed by atoms with Gasteiger partial charge < -0.3 is 15.2 Å². The highest BCUT2D eigenvalue weighted by Crippen LogP contribution is 2.31. The van der Waals surface area contributed by atoms with Crippen molar-refractivity contribution < 1.29 is 4.79 Å². The fourth-order valence-corrected chi connectivity index (χ4v) is 5.39. The number of fused-ring (bicyclic) bond motifs is 2. The quantitative estimate of drug-likeness (QED) is 0.856. The van der Waals surface area contributed by atoms with Crippen molar-refractivity contribution >= 4 is 16.9 Å². The Hall–Kier alpha value is -2.08. The summed E-state index contributed by atoms with van der Waals surface area (Å²) in [6.07, 6.45) is 6.68. The minimum Gasteiger partial charge on any atom is -0.339 e. The summed E-state index contributed by atoms with van der Waals surface area (Å²) < 4.78 is 1.90. The molecule has 5 rings (SSSR count). The third-order valence-electron chi connectivity index (χ3n) is 6.96. The fraction of sp³-hybridized carbons (Fsp3) is 0.619. The number of rotatable bonds is 2. The molecular formula is C21H28N4O2. The summed E-state index contributed by atoms with van der Waals surface area (Å²) in [4.78, 5) is 30.5. The molecule has 2 N–H and O–H groups in total. The molecule has 0 spiro atoms. The van der Waals surface area contributed by atoms with E-state index in [0.717, 1.165) is 62.9 Å². The molecule has 1 saturated carbocycles. The van der Waals surface area contributed by atoms with Gasteiger partial charge in [0.05, 0.1) is 11.0 Å². The zero-order chi connectivity index (χ0) is 18.4. The number of nitrogens with one attached hydrogen (secondary N) is 2.